The predicted octanol–water partition coefficient (Wildman–Crippen LogP) is 3.55. The van der Waals surface area contributed by atoms with Crippen LogP contribution in [0.3, 0.4) is 0 Å². The number of nitrogens with zero attached hydrogens (tertiary/aromatic N) is 6. The first-order chi connectivity index (χ1) is 15.0. The zero-order valence-corrected chi connectivity index (χ0v) is 17.7. The average molecular weight is 431 g/mol. The van der Waals surface area contributed by atoms with Crippen molar-refractivity contribution in [3.63, 3.8) is 0 Å². The van der Waals surface area contributed by atoms with Gasteiger partial charge < -0.3 is 10.6 Å². The van der Waals surface area contributed by atoms with Crippen molar-refractivity contribution in [2.45, 2.75) is 64.0 Å². The lowest BCUT2D eigenvalue weighted by Crippen LogP contribution is -2.35. The molecule has 0 aromatic carbocycles. The predicted molar refractivity (Wildman–Crippen MR) is 114 cm³/mol. The molecule has 1 saturated carbocycles. The molecule has 1 fully saturated rings. The van der Waals surface area contributed by atoms with Gasteiger partial charge in [-0.25, -0.2) is 23.1 Å². The SMILES string of the molecule is CC(C)Nc1cc(-n2cccn2)ncc1-n1cc([C@H]2CC[C@@H](NCC(F)F)CC2)nn1. The van der Waals surface area contributed by atoms with E-state index in [1.807, 2.05) is 24.5 Å². The molecule has 2 N–H and O–H groups in total. The molecule has 3 heterocycles. The van der Waals surface area contributed by atoms with Gasteiger partial charge in [0.1, 0.15) is 5.69 Å². The summed E-state index contributed by atoms with van der Waals surface area (Å²) in [6.45, 7) is 3.91. The van der Waals surface area contributed by atoms with Crippen LogP contribution >= 0.6 is 0 Å². The van der Waals surface area contributed by atoms with Crippen LogP contribution in [0.15, 0.2) is 36.9 Å². The Bertz CT molecular complexity index is 962. The van der Waals surface area contributed by atoms with Crippen molar-refractivity contribution in [1.82, 2.24) is 35.1 Å². The summed E-state index contributed by atoms with van der Waals surface area (Å²) in [7, 11) is 0. The quantitative estimate of drug-likeness (QED) is 0.569. The van der Waals surface area contributed by atoms with E-state index in [-0.39, 0.29) is 24.5 Å². The second kappa shape index (κ2) is 9.51. The fourth-order valence-electron chi connectivity index (χ4n) is 4.01. The molecular formula is C21H28F2N8. The van der Waals surface area contributed by atoms with Crippen LogP contribution in [-0.2, 0) is 0 Å². The average Bonchev–Trinajstić information content (AvgIpc) is 3.45. The van der Waals surface area contributed by atoms with E-state index < -0.39 is 6.43 Å². The highest BCUT2D eigenvalue weighted by Gasteiger charge is 2.25. The minimum Gasteiger partial charge on any atom is -0.381 e. The number of anilines is 1. The molecule has 3 aromatic rings. The molecule has 0 aliphatic heterocycles. The summed E-state index contributed by atoms with van der Waals surface area (Å²) in [4.78, 5) is 4.53. The third-order valence-corrected chi connectivity index (χ3v) is 5.52. The Kier molecular flexibility index (Phi) is 6.55. The molecular weight excluding hydrogens is 402 g/mol. The van der Waals surface area contributed by atoms with Crippen molar-refractivity contribution >= 4 is 5.69 Å². The molecule has 1 aliphatic carbocycles. The van der Waals surface area contributed by atoms with Gasteiger partial charge in [0.2, 0.25) is 0 Å². The number of pyridine rings is 1. The maximum Gasteiger partial charge on any atom is 0.250 e. The molecule has 166 valence electrons. The summed E-state index contributed by atoms with van der Waals surface area (Å²) in [6, 6.07) is 4.18. The van der Waals surface area contributed by atoms with Gasteiger partial charge in [-0.05, 0) is 45.6 Å². The van der Waals surface area contributed by atoms with E-state index in [0.29, 0.717) is 5.82 Å². The van der Waals surface area contributed by atoms with Gasteiger partial charge in [-0.1, -0.05) is 5.21 Å². The summed E-state index contributed by atoms with van der Waals surface area (Å²) in [5.74, 6) is 1.00. The van der Waals surface area contributed by atoms with Gasteiger partial charge in [-0.3, -0.25) is 0 Å². The number of halogens is 2. The van der Waals surface area contributed by atoms with E-state index >= 15 is 0 Å². The Morgan fingerprint density at radius 3 is 2.65 bits per heavy atom. The van der Waals surface area contributed by atoms with Crippen LogP contribution in [0.5, 0.6) is 0 Å². The first-order valence-electron chi connectivity index (χ1n) is 10.7. The van der Waals surface area contributed by atoms with Crippen molar-refractivity contribution < 1.29 is 8.78 Å². The summed E-state index contributed by atoms with van der Waals surface area (Å²) in [5, 5.41) is 19.4. The lowest BCUT2D eigenvalue weighted by molar-refractivity contribution is 0.137. The normalized spacial score (nSPS) is 19.3. The van der Waals surface area contributed by atoms with Gasteiger partial charge in [0.05, 0.1) is 30.3 Å². The third kappa shape index (κ3) is 5.25. The second-order valence-electron chi connectivity index (χ2n) is 8.25. The number of rotatable bonds is 8. The Labute approximate surface area is 180 Å². The van der Waals surface area contributed by atoms with Crippen molar-refractivity contribution in [3.8, 4) is 11.5 Å². The third-order valence-electron chi connectivity index (χ3n) is 5.52. The Morgan fingerprint density at radius 1 is 1.16 bits per heavy atom. The highest BCUT2D eigenvalue weighted by Crippen LogP contribution is 2.32. The minimum atomic E-state index is -2.31. The minimum absolute atomic E-state index is 0.154. The molecule has 8 nitrogen and oxygen atoms in total. The van der Waals surface area contributed by atoms with Gasteiger partial charge in [-0.2, -0.15) is 5.10 Å². The number of alkyl halides is 2. The molecule has 0 unspecified atom stereocenters. The highest BCUT2D eigenvalue weighted by molar-refractivity contribution is 5.62. The highest BCUT2D eigenvalue weighted by atomic mass is 19.3. The van der Waals surface area contributed by atoms with Crippen LogP contribution < -0.4 is 10.6 Å². The van der Waals surface area contributed by atoms with E-state index in [9.17, 15) is 8.78 Å². The Hall–Kier alpha value is -2.88. The first-order valence-corrected chi connectivity index (χ1v) is 10.7. The molecule has 10 heteroatoms. The van der Waals surface area contributed by atoms with Crippen LogP contribution in [-0.4, -0.2) is 54.8 Å². The number of hydrogen-bond acceptors (Lipinski definition) is 6. The molecule has 0 amide bonds. The zero-order valence-electron chi connectivity index (χ0n) is 17.7. The fraction of sp³-hybridized carbons (Fsp3) is 0.524. The van der Waals surface area contributed by atoms with E-state index in [2.05, 4.69) is 44.9 Å². The van der Waals surface area contributed by atoms with Crippen LogP contribution in [0.4, 0.5) is 14.5 Å². The van der Waals surface area contributed by atoms with E-state index in [1.54, 1.807) is 21.8 Å². The first kappa shape index (κ1) is 21.4. The second-order valence-corrected chi connectivity index (χ2v) is 8.25. The molecule has 0 spiro atoms. The van der Waals surface area contributed by atoms with E-state index in [0.717, 1.165) is 42.8 Å². The standard InChI is InChI=1S/C21H28F2N8/c1-14(2)27-17-10-21(30-9-3-8-26-30)25-11-19(17)31-13-18(28-29-31)15-4-6-16(7-5-15)24-12-20(22)23/h3,8-11,13-16,20,24H,4-7,12H2,1-2H3,(H,25,27)/t15-,16+. The lowest BCUT2D eigenvalue weighted by Gasteiger charge is -2.28. The van der Waals surface area contributed by atoms with Crippen LogP contribution in [0, 0.1) is 0 Å². The largest absolute Gasteiger partial charge is 0.381 e. The van der Waals surface area contributed by atoms with Crippen molar-refractivity contribution in [3.05, 3.63) is 42.6 Å². The van der Waals surface area contributed by atoms with Crippen molar-refractivity contribution in [1.29, 1.82) is 0 Å². The molecule has 1 aliphatic rings. The number of aromatic nitrogens is 6. The Balaban J connectivity index is 1.49. The van der Waals surface area contributed by atoms with Crippen LogP contribution in [0.2, 0.25) is 0 Å². The maximum absolute atomic E-state index is 12.4. The molecule has 0 radical (unpaired) electrons. The number of hydrogen-bond donors (Lipinski definition) is 2. The van der Waals surface area contributed by atoms with Crippen LogP contribution in [0.25, 0.3) is 11.5 Å². The van der Waals surface area contributed by atoms with Gasteiger partial charge in [0.25, 0.3) is 6.43 Å². The molecule has 4 rings (SSSR count). The van der Waals surface area contributed by atoms with Gasteiger partial charge in [-0.15, -0.1) is 5.10 Å². The summed E-state index contributed by atoms with van der Waals surface area (Å²) in [6.07, 6.45) is 8.53. The Morgan fingerprint density at radius 2 is 1.97 bits per heavy atom. The fourth-order valence-corrected chi connectivity index (χ4v) is 4.01. The molecule has 0 atom stereocenters. The number of nitrogens with one attached hydrogen (secondary N) is 2. The van der Waals surface area contributed by atoms with Crippen LogP contribution in [0.1, 0.15) is 51.1 Å². The monoisotopic (exact) mass is 430 g/mol. The summed E-state index contributed by atoms with van der Waals surface area (Å²) < 4.78 is 28.3. The topological polar surface area (TPSA) is 85.5 Å². The summed E-state index contributed by atoms with van der Waals surface area (Å²) in [5.41, 5.74) is 2.64. The molecule has 3 aromatic heterocycles. The van der Waals surface area contributed by atoms with Gasteiger partial charge in [0, 0.05) is 36.5 Å². The van der Waals surface area contributed by atoms with Crippen molar-refractivity contribution in [2.75, 3.05) is 11.9 Å². The van der Waals surface area contributed by atoms with Crippen molar-refractivity contribution in [2.24, 2.45) is 0 Å². The van der Waals surface area contributed by atoms with Gasteiger partial charge >= 0.3 is 0 Å². The van der Waals surface area contributed by atoms with E-state index in [1.165, 1.54) is 0 Å². The van der Waals surface area contributed by atoms with E-state index in [4.69, 9.17) is 0 Å². The zero-order chi connectivity index (χ0) is 21.8. The smallest absolute Gasteiger partial charge is 0.250 e. The molecule has 0 bridgehead atoms. The maximum atomic E-state index is 12.4. The lowest BCUT2D eigenvalue weighted by atomic mass is 9.84. The van der Waals surface area contributed by atoms with Gasteiger partial charge in [0.15, 0.2) is 5.82 Å². The molecule has 31 heavy (non-hydrogen) atoms. The summed E-state index contributed by atoms with van der Waals surface area (Å²) >= 11 is 0. The molecule has 0 saturated heterocycles.